The van der Waals surface area contributed by atoms with E-state index in [9.17, 15) is 17.2 Å². The fraction of sp³-hybridized carbons (Fsp3) is 0.250. The summed E-state index contributed by atoms with van der Waals surface area (Å²) in [5.74, 6) is -3.43. The van der Waals surface area contributed by atoms with Crippen molar-refractivity contribution in [3.8, 4) is 0 Å². The van der Waals surface area contributed by atoms with E-state index in [4.69, 9.17) is 0 Å². The quantitative estimate of drug-likeness (QED) is 0.933. The van der Waals surface area contributed by atoms with Crippen LogP contribution in [-0.4, -0.2) is 14.2 Å². The van der Waals surface area contributed by atoms with E-state index in [-0.39, 0.29) is 5.69 Å². The fourth-order valence-electron chi connectivity index (χ4n) is 0.917. The van der Waals surface area contributed by atoms with Crippen LogP contribution in [0.25, 0.3) is 0 Å². The van der Waals surface area contributed by atoms with Crippen molar-refractivity contribution in [3.63, 3.8) is 0 Å². The van der Waals surface area contributed by atoms with E-state index in [1.165, 1.54) is 12.1 Å². The van der Waals surface area contributed by atoms with Crippen molar-refractivity contribution in [2.45, 2.75) is 12.7 Å². The first-order valence-corrected chi connectivity index (χ1v) is 6.23. The normalized spacial score (nSPS) is 11.8. The summed E-state index contributed by atoms with van der Waals surface area (Å²) in [4.78, 5) is 0. The van der Waals surface area contributed by atoms with Crippen molar-refractivity contribution < 1.29 is 17.2 Å². The van der Waals surface area contributed by atoms with Crippen LogP contribution in [0.3, 0.4) is 0 Å². The predicted octanol–water partition coefficient (Wildman–Crippen LogP) is 2.72. The lowest BCUT2D eigenvalue weighted by Gasteiger charge is -2.08. The highest BCUT2D eigenvalue weighted by Crippen LogP contribution is 2.21. The van der Waals surface area contributed by atoms with Crippen LogP contribution in [0.4, 0.5) is 14.5 Å². The van der Waals surface area contributed by atoms with Gasteiger partial charge in [-0.3, -0.25) is 4.72 Å². The number of halogens is 3. The molecule has 1 rings (SSSR count). The van der Waals surface area contributed by atoms with E-state index in [1.807, 2.05) is 0 Å². The molecule has 0 radical (unpaired) electrons. The minimum Gasteiger partial charge on any atom is -0.279 e. The van der Waals surface area contributed by atoms with Crippen LogP contribution in [0.5, 0.6) is 0 Å². The van der Waals surface area contributed by atoms with Gasteiger partial charge < -0.3 is 0 Å². The Morgan fingerprint density at radius 2 is 2.00 bits per heavy atom. The van der Waals surface area contributed by atoms with Crippen LogP contribution < -0.4 is 4.72 Å². The maximum absolute atomic E-state index is 12.0. The summed E-state index contributed by atoms with van der Waals surface area (Å²) >= 11 is 3.21. The number of anilines is 1. The van der Waals surface area contributed by atoms with E-state index < -0.39 is 15.8 Å². The van der Waals surface area contributed by atoms with E-state index in [0.29, 0.717) is 0 Å². The molecule has 0 unspecified atom stereocenters. The molecule has 0 aliphatic carbocycles. The number of nitrogens with one attached hydrogen (secondary N) is 1. The van der Waals surface area contributed by atoms with Crippen LogP contribution in [-0.2, 0) is 10.0 Å². The van der Waals surface area contributed by atoms with Gasteiger partial charge in [0.25, 0.3) is 10.0 Å². The molecule has 0 saturated heterocycles. The first-order valence-electron chi connectivity index (χ1n) is 3.89. The van der Waals surface area contributed by atoms with Crippen LogP contribution >= 0.6 is 15.9 Å². The van der Waals surface area contributed by atoms with Gasteiger partial charge in [-0.15, -0.1) is 0 Å². The monoisotopic (exact) mass is 299 g/mol. The highest BCUT2D eigenvalue weighted by molar-refractivity contribution is 9.10. The van der Waals surface area contributed by atoms with E-state index in [0.717, 1.165) is 10.0 Å². The van der Waals surface area contributed by atoms with Gasteiger partial charge in [-0.05, 0) is 30.7 Å². The van der Waals surface area contributed by atoms with Crippen molar-refractivity contribution in [2.75, 3.05) is 4.72 Å². The van der Waals surface area contributed by atoms with E-state index >= 15 is 0 Å². The molecule has 7 heteroatoms. The minimum atomic E-state index is -4.58. The molecular formula is C8H8BrF2NO2S. The molecule has 0 aliphatic heterocycles. The van der Waals surface area contributed by atoms with E-state index in [1.54, 1.807) is 17.7 Å². The van der Waals surface area contributed by atoms with Gasteiger partial charge in [-0.1, -0.05) is 15.9 Å². The second kappa shape index (κ2) is 4.44. The maximum Gasteiger partial charge on any atom is 0.355 e. The summed E-state index contributed by atoms with van der Waals surface area (Å²) in [7, 11) is -4.58. The average Bonchev–Trinajstić information content (AvgIpc) is 2.10. The Morgan fingerprint density at radius 3 is 2.47 bits per heavy atom. The molecule has 0 aromatic heterocycles. The molecule has 0 spiro atoms. The van der Waals surface area contributed by atoms with Crippen LogP contribution in [0.2, 0.25) is 0 Å². The van der Waals surface area contributed by atoms with Gasteiger partial charge in [0, 0.05) is 10.2 Å². The first kappa shape index (κ1) is 12.4. The highest BCUT2D eigenvalue weighted by atomic mass is 79.9. The van der Waals surface area contributed by atoms with Crippen LogP contribution in [0.15, 0.2) is 22.7 Å². The number of aryl methyl sites for hydroxylation is 1. The largest absolute Gasteiger partial charge is 0.355 e. The van der Waals surface area contributed by atoms with Gasteiger partial charge in [0.2, 0.25) is 0 Å². The van der Waals surface area contributed by atoms with Crippen LogP contribution in [0.1, 0.15) is 5.56 Å². The van der Waals surface area contributed by atoms with Gasteiger partial charge in [0.15, 0.2) is 0 Å². The van der Waals surface area contributed by atoms with Crippen LogP contribution in [0, 0.1) is 6.92 Å². The standard InChI is InChI=1S/C8H8BrF2NO2S/c1-5-4-6(2-3-7(5)9)12-15(13,14)8(10)11/h2-4,8,12H,1H3. The number of rotatable bonds is 3. The molecular weight excluding hydrogens is 292 g/mol. The first-order chi connectivity index (χ1) is 6.83. The highest BCUT2D eigenvalue weighted by Gasteiger charge is 2.23. The Hall–Kier alpha value is -0.690. The fourth-order valence-corrected chi connectivity index (χ4v) is 1.71. The Morgan fingerprint density at radius 1 is 1.40 bits per heavy atom. The molecule has 0 fully saturated rings. The Bertz CT molecular complexity index is 462. The summed E-state index contributed by atoms with van der Waals surface area (Å²) < 4.78 is 48.3. The third kappa shape index (κ3) is 3.13. The van der Waals surface area contributed by atoms with Gasteiger partial charge >= 0.3 is 5.76 Å². The lowest BCUT2D eigenvalue weighted by molar-refractivity contribution is 0.236. The number of hydrogen-bond acceptors (Lipinski definition) is 2. The molecule has 1 aromatic rings. The molecule has 0 bridgehead atoms. The molecule has 0 aliphatic rings. The van der Waals surface area contributed by atoms with Crippen molar-refractivity contribution in [2.24, 2.45) is 0 Å². The summed E-state index contributed by atoms with van der Waals surface area (Å²) in [5, 5.41) is 0. The summed E-state index contributed by atoms with van der Waals surface area (Å²) in [5.41, 5.74) is 0.875. The minimum absolute atomic E-state index is 0.121. The molecule has 0 amide bonds. The van der Waals surface area contributed by atoms with Gasteiger partial charge in [-0.2, -0.15) is 8.78 Å². The lowest BCUT2D eigenvalue weighted by Crippen LogP contribution is -2.20. The number of alkyl halides is 2. The van der Waals surface area contributed by atoms with Crippen molar-refractivity contribution >= 4 is 31.6 Å². The summed E-state index contributed by atoms with van der Waals surface area (Å²) in [6, 6.07) is 4.44. The zero-order valence-electron chi connectivity index (χ0n) is 7.67. The molecule has 1 aromatic carbocycles. The Balaban J connectivity index is 2.96. The second-order valence-electron chi connectivity index (χ2n) is 2.87. The van der Waals surface area contributed by atoms with Crippen molar-refractivity contribution in [1.82, 2.24) is 0 Å². The van der Waals surface area contributed by atoms with E-state index in [2.05, 4.69) is 15.9 Å². The number of benzene rings is 1. The van der Waals surface area contributed by atoms with Gasteiger partial charge in [0.05, 0.1) is 0 Å². The zero-order chi connectivity index (χ0) is 11.6. The topological polar surface area (TPSA) is 46.2 Å². The number of hydrogen-bond donors (Lipinski definition) is 1. The molecule has 1 N–H and O–H groups in total. The summed E-state index contributed by atoms with van der Waals surface area (Å²) in [6.07, 6.45) is 0. The SMILES string of the molecule is Cc1cc(NS(=O)(=O)C(F)F)ccc1Br. The number of sulfonamides is 1. The molecule has 3 nitrogen and oxygen atoms in total. The zero-order valence-corrected chi connectivity index (χ0v) is 10.1. The van der Waals surface area contributed by atoms with Crippen molar-refractivity contribution in [3.05, 3.63) is 28.2 Å². The molecule has 15 heavy (non-hydrogen) atoms. The third-order valence-corrected chi connectivity index (χ3v) is 3.53. The Labute approximate surface area is 94.7 Å². The second-order valence-corrected chi connectivity index (χ2v) is 5.38. The van der Waals surface area contributed by atoms with Gasteiger partial charge in [-0.25, -0.2) is 8.42 Å². The van der Waals surface area contributed by atoms with Gasteiger partial charge in [0.1, 0.15) is 0 Å². The lowest BCUT2D eigenvalue weighted by atomic mass is 10.2. The maximum atomic E-state index is 12.0. The summed E-state index contributed by atoms with van der Waals surface area (Å²) in [6.45, 7) is 1.73. The molecule has 0 atom stereocenters. The van der Waals surface area contributed by atoms with Crippen molar-refractivity contribution in [1.29, 1.82) is 0 Å². The average molecular weight is 300 g/mol. The molecule has 0 saturated carbocycles. The third-order valence-electron chi connectivity index (χ3n) is 1.65. The predicted molar refractivity (Wildman–Crippen MR) is 57.4 cm³/mol. The molecule has 84 valence electrons. The molecule has 0 heterocycles. The Kier molecular flexibility index (Phi) is 3.67. The smallest absolute Gasteiger partial charge is 0.279 e.